The van der Waals surface area contributed by atoms with E-state index >= 15 is 0 Å². The molecule has 1 aromatic rings. The molecule has 4 nitrogen and oxygen atoms in total. The number of carbonyl (C=O) groups is 1. The lowest BCUT2D eigenvalue weighted by Crippen LogP contribution is -2.36. The highest BCUT2D eigenvalue weighted by Crippen LogP contribution is 2.27. The first-order valence-electron chi connectivity index (χ1n) is 8.54. The minimum atomic E-state index is 0.114. The normalized spacial score (nSPS) is 25.8. The van der Waals surface area contributed by atoms with Gasteiger partial charge in [-0.25, -0.2) is 0 Å². The van der Waals surface area contributed by atoms with Crippen LogP contribution >= 0.6 is 0 Å². The maximum absolute atomic E-state index is 12.7. The van der Waals surface area contributed by atoms with Crippen LogP contribution < -0.4 is 10.5 Å². The molecule has 2 N–H and O–H groups in total. The minimum absolute atomic E-state index is 0.114. The van der Waals surface area contributed by atoms with E-state index in [4.69, 9.17) is 10.5 Å². The Morgan fingerprint density at radius 3 is 2.45 bits per heavy atom. The third-order valence-electron chi connectivity index (χ3n) is 4.77. The molecule has 0 aromatic heterocycles. The first-order chi connectivity index (χ1) is 10.7. The molecular formula is C18H26N2O2. The highest BCUT2D eigenvalue weighted by Gasteiger charge is 2.24. The van der Waals surface area contributed by atoms with Crippen molar-refractivity contribution >= 4 is 5.91 Å². The summed E-state index contributed by atoms with van der Waals surface area (Å²) in [6.45, 7) is 1.73. The molecule has 1 amide bonds. The third kappa shape index (κ3) is 3.61. The van der Waals surface area contributed by atoms with Crippen molar-refractivity contribution in [2.45, 2.75) is 57.1 Å². The monoisotopic (exact) mass is 302 g/mol. The molecule has 1 aliphatic carbocycles. The van der Waals surface area contributed by atoms with Gasteiger partial charge in [0.2, 0.25) is 0 Å². The van der Waals surface area contributed by atoms with Gasteiger partial charge in [0.25, 0.3) is 5.91 Å². The summed E-state index contributed by atoms with van der Waals surface area (Å²) in [5.74, 6) is 0.848. The Bertz CT molecular complexity index is 504. The van der Waals surface area contributed by atoms with E-state index in [0.717, 1.165) is 57.4 Å². The van der Waals surface area contributed by atoms with Crippen molar-refractivity contribution in [1.29, 1.82) is 0 Å². The highest BCUT2D eigenvalue weighted by molar-refractivity contribution is 5.97. The fourth-order valence-electron chi connectivity index (χ4n) is 3.40. The molecule has 0 radical (unpaired) electrons. The summed E-state index contributed by atoms with van der Waals surface area (Å²) < 4.78 is 6.14. The molecule has 1 saturated carbocycles. The predicted molar refractivity (Wildman–Crippen MR) is 87.1 cm³/mol. The van der Waals surface area contributed by atoms with E-state index in [-0.39, 0.29) is 12.0 Å². The van der Waals surface area contributed by atoms with Crippen LogP contribution in [0.1, 0.15) is 55.3 Å². The molecule has 0 spiro atoms. The molecule has 1 heterocycles. The second kappa shape index (κ2) is 7.14. The van der Waals surface area contributed by atoms with E-state index in [0.29, 0.717) is 11.6 Å². The van der Waals surface area contributed by atoms with E-state index in [1.807, 2.05) is 29.2 Å². The Labute approximate surface area is 132 Å². The van der Waals surface area contributed by atoms with E-state index in [1.54, 1.807) is 0 Å². The number of carbonyl (C=O) groups excluding carboxylic acids is 1. The molecule has 1 aliphatic heterocycles. The van der Waals surface area contributed by atoms with Crippen molar-refractivity contribution in [3.05, 3.63) is 29.8 Å². The Hall–Kier alpha value is -1.55. The average molecular weight is 302 g/mol. The summed E-state index contributed by atoms with van der Waals surface area (Å²) >= 11 is 0. The fraction of sp³-hybridized carbons (Fsp3) is 0.611. The van der Waals surface area contributed by atoms with Gasteiger partial charge in [-0.05, 0) is 57.1 Å². The number of likely N-dealkylation sites (tertiary alicyclic amines) is 1. The Morgan fingerprint density at radius 2 is 1.73 bits per heavy atom. The van der Waals surface area contributed by atoms with Crippen molar-refractivity contribution in [2.24, 2.45) is 5.73 Å². The molecule has 22 heavy (non-hydrogen) atoms. The predicted octanol–water partition coefficient (Wildman–Crippen LogP) is 2.96. The number of amides is 1. The maximum atomic E-state index is 12.7. The van der Waals surface area contributed by atoms with Crippen LogP contribution in [0, 0.1) is 0 Å². The lowest BCUT2D eigenvalue weighted by Gasteiger charge is -2.29. The number of benzene rings is 1. The zero-order valence-corrected chi connectivity index (χ0v) is 13.2. The van der Waals surface area contributed by atoms with Crippen LogP contribution in [0.5, 0.6) is 5.75 Å². The molecule has 0 bridgehead atoms. The number of nitrogens with zero attached hydrogens (tertiary/aromatic N) is 1. The topological polar surface area (TPSA) is 55.6 Å². The van der Waals surface area contributed by atoms with Crippen molar-refractivity contribution in [1.82, 2.24) is 4.90 Å². The smallest absolute Gasteiger partial charge is 0.257 e. The quantitative estimate of drug-likeness (QED) is 0.934. The summed E-state index contributed by atoms with van der Waals surface area (Å²) in [7, 11) is 0. The van der Waals surface area contributed by atoms with Crippen LogP contribution in [-0.2, 0) is 0 Å². The van der Waals surface area contributed by atoms with Gasteiger partial charge in [-0.15, -0.1) is 0 Å². The molecule has 4 heteroatoms. The number of rotatable bonds is 3. The molecular weight excluding hydrogens is 276 g/mol. The lowest BCUT2D eigenvalue weighted by atomic mass is 9.93. The van der Waals surface area contributed by atoms with Crippen molar-refractivity contribution in [3.8, 4) is 5.75 Å². The second-order valence-corrected chi connectivity index (χ2v) is 6.50. The summed E-state index contributed by atoms with van der Waals surface area (Å²) in [5.41, 5.74) is 6.66. The molecule has 2 fully saturated rings. The van der Waals surface area contributed by atoms with E-state index in [1.165, 1.54) is 6.42 Å². The van der Waals surface area contributed by atoms with Crippen LogP contribution in [-0.4, -0.2) is 36.0 Å². The van der Waals surface area contributed by atoms with Crippen LogP contribution in [0.3, 0.4) is 0 Å². The lowest BCUT2D eigenvalue weighted by molar-refractivity contribution is 0.0713. The van der Waals surface area contributed by atoms with Gasteiger partial charge in [0.15, 0.2) is 0 Å². The maximum Gasteiger partial charge on any atom is 0.257 e. The van der Waals surface area contributed by atoms with Gasteiger partial charge in [-0.2, -0.15) is 0 Å². The van der Waals surface area contributed by atoms with Gasteiger partial charge < -0.3 is 15.4 Å². The number of nitrogens with two attached hydrogens (primary N) is 1. The van der Waals surface area contributed by atoms with Gasteiger partial charge in [-0.3, -0.25) is 4.79 Å². The molecule has 0 unspecified atom stereocenters. The van der Waals surface area contributed by atoms with Crippen LogP contribution in [0.4, 0.5) is 0 Å². The van der Waals surface area contributed by atoms with E-state index in [9.17, 15) is 4.79 Å². The van der Waals surface area contributed by atoms with Crippen LogP contribution in [0.25, 0.3) is 0 Å². The van der Waals surface area contributed by atoms with Gasteiger partial charge in [0.1, 0.15) is 5.75 Å². The van der Waals surface area contributed by atoms with Crippen molar-refractivity contribution in [3.63, 3.8) is 0 Å². The minimum Gasteiger partial charge on any atom is -0.490 e. The van der Waals surface area contributed by atoms with Crippen molar-refractivity contribution in [2.75, 3.05) is 13.1 Å². The Balaban J connectivity index is 1.70. The number of hydrogen-bond acceptors (Lipinski definition) is 3. The largest absolute Gasteiger partial charge is 0.490 e. The van der Waals surface area contributed by atoms with E-state index in [2.05, 4.69) is 0 Å². The Morgan fingerprint density at radius 1 is 1.05 bits per heavy atom. The number of ether oxygens (including phenoxy) is 1. The molecule has 1 saturated heterocycles. The number of para-hydroxylation sites is 1. The second-order valence-electron chi connectivity index (χ2n) is 6.50. The molecule has 1 aromatic carbocycles. The summed E-state index contributed by atoms with van der Waals surface area (Å²) in [6.07, 6.45) is 7.60. The Kier molecular flexibility index (Phi) is 4.98. The van der Waals surface area contributed by atoms with Crippen molar-refractivity contribution < 1.29 is 9.53 Å². The van der Waals surface area contributed by atoms with Gasteiger partial charge in [0, 0.05) is 19.1 Å². The van der Waals surface area contributed by atoms with Crippen LogP contribution in [0.2, 0.25) is 0 Å². The number of piperidine rings is 1. The van der Waals surface area contributed by atoms with E-state index < -0.39 is 0 Å². The average Bonchev–Trinajstić information content (AvgIpc) is 2.58. The SMILES string of the molecule is NC1CCC(Oc2ccccc2C(=O)N2CCCCC2)CC1. The molecule has 2 aliphatic rings. The first kappa shape index (κ1) is 15.3. The molecule has 3 rings (SSSR count). The summed E-state index contributed by atoms with van der Waals surface area (Å²) in [6, 6.07) is 7.98. The highest BCUT2D eigenvalue weighted by atomic mass is 16.5. The zero-order valence-electron chi connectivity index (χ0n) is 13.2. The van der Waals surface area contributed by atoms with Crippen LogP contribution in [0.15, 0.2) is 24.3 Å². The molecule has 0 atom stereocenters. The third-order valence-corrected chi connectivity index (χ3v) is 4.77. The zero-order chi connectivity index (χ0) is 15.4. The fourth-order valence-corrected chi connectivity index (χ4v) is 3.40. The van der Waals surface area contributed by atoms with Gasteiger partial charge in [0.05, 0.1) is 11.7 Å². The standard InChI is InChI=1S/C18H26N2O2/c19-14-8-10-15(11-9-14)22-17-7-3-2-6-16(17)18(21)20-12-4-1-5-13-20/h2-3,6-7,14-15H,1,4-5,8-13,19H2. The first-order valence-corrected chi connectivity index (χ1v) is 8.54. The summed E-state index contributed by atoms with van der Waals surface area (Å²) in [5, 5.41) is 0. The number of hydrogen-bond donors (Lipinski definition) is 1. The summed E-state index contributed by atoms with van der Waals surface area (Å²) in [4.78, 5) is 14.7. The molecule has 120 valence electrons. The van der Waals surface area contributed by atoms with Gasteiger partial charge >= 0.3 is 0 Å². The van der Waals surface area contributed by atoms with Gasteiger partial charge in [-0.1, -0.05) is 12.1 Å².